The van der Waals surface area contributed by atoms with Crippen molar-refractivity contribution in [2.45, 2.75) is 382 Å². The maximum Gasteiger partial charge on any atom is 0.347 e. The standard InChI is InChI=1S/C25H36F2O.C24H32F2O3.C19H26F2O.C18H22F2O3.C18H24F2O2.7H2/c1-16-3-9-19(10-4-16)20-12-6-18(7-13-20)8-14-21-15-22-11-5-17(2)28-25(22)24(27)23(21)26;1-14-3-6-16(7-4-14)17-9-11-18(12-10-17)24(27)29-20-13-19-8-5-15(2)28-23(19)22(26)21(20)25;1-12-3-5-14(6-4-12)7-9-16-10-8-15-11-13(2)17(20)18(21)19(15)22-16;1-10-3-6-13(7-4-10)22-18(21)14-8-5-12-9-11(2)15(19)16(20)17(12)23-14;1-11-3-6-14(7-4-11)21-10-15-8-5-13-9-12(2)16(19)17(20)18(13)22-15;;;;;;;/h15-20H,3-14H2,1-2H3;13-18H,3-12H2,1-2H3;11-12,14,16H,3-10H2,1-2H3;9-10,13-14H,3-8H2,1-2H3;9,11,14-15H,3-8,10H2,1-2H3;7*1H. The third-order valence-electron chi connectivity index (χ3n) is 30.5. The van der Waals surface area contributed by atoms with Crippen molar-refractivity contribution in [1.29, 1.82) is 0 Å². The van der Waals surface area contributed by atoms with Crippen LogP contribution in [0.3, 0.4) is 0 Å². The predicted octanol–water partition coefficient (Wildman–Crippen LogP) is 29.4. The maximum atomic E-state index is 14.6. The molecule has 5 unspecified atom stereocenters. The van der Waals surface area contributed by atoms with Crippen LogP contribution in [0.2, 0.25) is 0 Å². The molecule has 124 heavy (non-hydrogen) atoms. The van der Waals surface area contributed by atoms with Crippen LogP contribution in [-0.2, 0) is 57.6 Å². The van der Waals surface area contributed by atoms with Crippen LogP contribution in [0.4, 0.5) is 43.9 Å². The van der Waals surface area contributed by atoms with Crippen molar-refractivity contribution in [3.05, 3.63) is 139 Å². The zero-order valence-electron chi connectivity index (χ0n) is 75.6. The topological polar surface area (TPSA) is 108 Å². The summed E-state index contributed by atoms with van der Waals surface area (Å²) in [7, 11) is 0. The summed E-state index contributed by atoms with van der Waals surface area (Å²) in [4.78, 5) is 24.9. The zero-order valence-corrected chi connectivity index (χ0v) is 75.6. The number of carbonyl (C=O) groups is 2. The van der Waals surface area contributed by atoms with Gasteiger partial charge in [-0.25, -0.2) is 22.4 Å². The summed E-state index contributed by atoms with van der Waals surface area (Å²) in [6.45, 7) is 20.4. The lowest BCUT2D eigenvalue weighted by Gasteiger charge is -2.37. The Morgan fingerprint density at radius 2 is 0.685 bits per heavy atom. The quantitative estimate of drug-likeness (QED) is 0.0571. The molecular weight excluding hydrogens is 1600 g/mol. The number of ether oxygens (including phenoxy) is 8. The number of fused-ring (bicyclic) bond motifs is 5. The molecule has 10 nitrogen and oxygen atoms in total. The van der Waals surface area contributed by atoms with Gasteiger partial charge in [0.2, 0.25) is 34.9 Å². The van der Waals surface area contributed by atoms with Gasteiger partial charge >= 0.3 is 11.9 Å². The summed E-state index contributed by atoms with van der Waals surface area (Å²) in [5, 5.41) is 0. The molecule has 0 aromatic heterocycles. The molecule has 0 bridgehead atoms. The van der Waals surface area contributed by atoms with E-state index in [9.17, 15) is 53.5 Å². The molecule has 5 aromatic rings. The van der Waals surface area contributed by atoms with E-state index >= 15 is 0 Å². The molecule has 5 aromatic carbocycles. The van der Waals surface area contributed by atoms with E-state index in [1.807, 2.05) is 19.9 Å². The van der Waals surface area contributed by atoms with E-state index in [1.165, 1.54) is 129 Å². The normalized spacial score (nSPS) is 30.0. The first-order valence-corrected chi connectivity index (χ1v) is 48.3. The molecule has 5 atom stereocenters. The lowest BCUT2D eigenvalue weighted by atomic mass is 9.69. The molecule has 5 aliphatic heterocycles. The van der Waals surface area contributed by atoms with E-state index in [-0.39, 0.29) is 86.5 Å². The number of halogens is 10. The first-order valence-electron chi connectivity index (χ1n) is 48.3. The molecule has 700 valence electrons. The highest BCUT2D eigenvalue weighted by Crippen LogP contribution is 2.48. The minimum absolute atomic E-state index is 0. The second kappa shape index (κ2) is 44.1. The van der Waals surface area contributed by atoms with Gasteiger partial charge in [0.25, 0.3) is 0 Å². The van der Waals surface area contributed by atoms with E-state index in [0.717, 1.165) is 186 Å². The minimum atomic E-state index is -1.13. The third kappa shape index (κ3) is 24.6. The summed E-state index contributed by atoms with van der Waals surface area (Å²) in [5.74, 6) is -1.04. The molecule has 7 saturated carbocycles. The van der Waals surface area contributed by atoms with Crippen LogP contribution in [0, 0.1) is 150 Å². The van der Waals surface area contributed by atoms with Gasteiger partial charge in [-0.3, -0.25) is 4.79 Å². The summed E-state index contributed by atoms with van der Waals surface area (Å²) in [6.07, 6.45) is 43.4. The fourth-order valence-electron chi connectivity index (χ4n) is 22.0. The Bertz CT molecular complexity index is 4300. The molecule has 0 amide bonds. The van der Waals surface area contributed by atoms with Crippen molar-refractivity contribution in [1.82, 2.24) is 0 Å². The number of esters is 2. The lowest BCUT2D eigenvalue weighted by Crippen LogP contribution is -2.36. The summed E-state index contributed by atoms with van der Waals surface area (Å²) >= 11 is 0. The monoisotopic (exact) mass is 1750 g/mol. The van der Waals surface area contributed by atoms with Gasteiger partial charge in [-0.15, -0.1) is 0 Å². The number of aryl methyl sites for hydroxylation is 9. The van der Waals surface area contributed by atoms with Crippen LogP contribution >= 0.6 is 0 Å². The van der Waals surface area contributed by atoms with Crippen molar-refractivity contribution in [3.8, 4) is 34.5 Å². The first-order chi connectivity index (χ1) is 59.5. The largest absolute Gasteiger partial charge is 0.487 e. The minimum Gasteiger partial charge on any atom is -0.487 e. The molecule has 20 heteroatoms. The van der Waals surface area contributed by atoms with Gasteiger partial charge in [-0.1, -0.05) is 98.8 Å². The number of benzene rings is 5. The van der Waals surface area contributed by atoms with Crippen LogP contribution in [0.25, 0.3) is 0 Å². The summed E-state index contributed by atoms with van der Waals surface area (Å²) < 4.78 is 186. The van der Waals surface area contributed by atoms with Crippen LogP contribution < -0.4 is 28.4 Å². The van der Waals surface area contributed by atoms with Gasteiger partial charge in [0, 0.05) is 15.5 Å². The Labute approximate surface area is 742 Å². The van der Waals surface area contributed by atoms with Crippen molar-refractivity contribution < 1.29 is 101 Å². The molecule has 7 fully saturated rings. The average Bonchev–Trinajstić information content (AvgIpc) is 0.786. The third-order valence-corrected chi connectivity index (χ3v) is 30.5. The van der Waals surface area contributed by atoms with E-state index in [4.69, 9.17) is 37.9 Å². The highest BCUT2D eigenvalue weighted by atomic mass is 19.2. The van der Waals surface area contributed by atoms with Crippen LogP contribution in [0.1, 0.15) is 340 Å². The van der Waals surface area contributed by atoms with Crippen LogP contribution in [0.15, 0.2) is 30.3 Å². The van der Waals surface area contributed by atoms with Crippen molar-refractivity contribution >= 4 is 11.9 Å². The van der Waals surface area contributed by atoms with Gasteiger partial charge in [-0.2, -0.15) is 26.3 Å². The highest BCUT2D eigenvalue weighted by molar-refractivity contribution is 5.76. The molecule has 0 saturated heterocycles. The fraction of sp³-hybridized carbons (Fsp3) is 0.692. The highest BCUT2D eigenvalue weighted by Gasteiger charge is 2.39. The van der Waals surface area contributed by atoms with Crippen molar-refractivity contribution in [3.63, 3.8) is 0 Å². The van der Waals surface area contributed by atoms with Crippen molar-refractivity contribution in [2.24, 2.45) is 71.0 Å². The Kier molecular flexibility index (Phi) is 33.7. The fourth-order valence-corrected chi connectivity index (χ4v) is 22.0. The van der Waals surface area contributed by atoms with Gasteiger partial charge in [0.1, 0.15) is 12.2 Å². The SMILES string of the molecule is CC1CCC(C2CCC(C(=O)Oc3cc4c(c(F)c3F)OC(C)CC4)CC2)CC1.CC1CCC(C2CCC(CCc3cc4c(c(F)c3F)OC(C)CC4)CC2)CC1.Cc1cc2c(c(F)c1F)OC(C(=O)OC1CCC(C)CC1)CC2.Cc1cc2c(c(F)c1F)OC(CCC1CCC(C)CC1)CC2.Cc1cc2c(c(F)c1F)OC(COC1CCC(C)CC1)CC2.[HH].[HH].[HH].[HH].[HH].[HH].[HH]. The predicted molar refractivity (Wildman–Crippen MR) is 478 cm³/mol. The number of hydrogen-bond acceptors (Lipinski definition) is 10. The van der Waals surface area contributed by atoms with E-state index in [2.05, 4.69) is 34.6 Å². The van der Waals surface area contributed by atoms with E-state index in [1.54, 1.807) is 32.0 Å². The average molecular weight is 1750 g/mol. The molecule has 0 spiro atoms. The Hall–Kier alpha value is -6.70. The molecule has 5 heterocycles. The smallest absolute Gasteiger partial charge is 0.347 e. The summed E-state index contributed by atoms with van der Waals surface area (Å²) in [5.41, 5.74) is 5.12. The number of rotatable bonds is 15. The molecule has 0 radical (unpaired) electrons. The molecule has 0 N–H and O–H groups in total. The molecular formula is C104H154F10O10. The Morgan fingerprint density at radius 3 is 1.18 bits per heavy atom. The molecule has 12 aliphatic rings. The molecule has 17 rings (SSSR count). The maximum absolute atomic E-state index is 14.6. The van der Waals surface area contributed by atoms with Crippen LogP contribution in [-0.4, -0.2) is 61.3 Å². The number of hydrogen-bond donors (Lipinski definition) is 0. The zero-order chi connectivity index (χ0) is 88.2. The van der Waals surface area contributed by atoms with E-state index < -0.39 is 76.2 Å². The summed E-state index contributed by atoms with van der Waals surface area (Å²) in [6, 6.07) is 8.30. The van der Waals surface area contributed by atoms with Gasteiger partial charge in [0.05, 0.1) is 36.9 Å². The molecule has 7 aliphatic carbocycles. The lowest BCUT2D eigenvalue weighted by molar-refractivity contribution is -0.160. The first kappa shape index (κ1) is 94.9. The number of carbonyl (C=O) groups excluding carboxylic acids is 2. The van der Waals surface area contributed by atoms with E-state index in [0.29, 0.717) is 90.4 Å². The Balaban J connectivity index is 0.000000250. The second-order valence-corrected chi connectivity index (χ2v) is 40.3. The van der Waals surface area contributed by atoms with Gasteiger partial charge in [-0.05, 0) is 380 Å². The second-order valence-electron chi connectivity index (χ2n) is 40.3. The van der Waals surface area contributed by atoms with Gasteiger partial charge in [0.15, 0.2) is 63.9 Å². The van der Waals surface area contributed by atoms with Crippen molar-refractivity contribution in [2.75, 3.05) is 6.61 Å². The van der Waals surface area contributed by atoms with Crippen LogP contribution in [0.5, 0.6) is 34.5 Å². The Morgan fingerprint density at radius 1 is 0.331 bits per heavy atom. The van der Waals surface area contributed by atoms with Gasteiger partial charge < -0.3 is 37.9 Å².